The van der Waals surface area contributed by atoms with Gasteiger partial charge in [-0.2, -0.15) is 0 Å². The fourth-order valence-electron chi connectivity index (χ4n) is 1.23. The maximum atomic E-state index is 4.10. The molecule has 2 N–H and O–H groups in total. The second-order valence-corrected chi connectivity index (χ2v) is 3.25. The Hall–Kier alpha value is -2.18. The van der Waals surface area contributed by atoms with Gasteiger partial charge in [-0.3, -0.25) is 0 Å². The third-order valence-electron chi connectivity index (χ3n) is 2.16. The molecule has 16 heavy (non-hydrogen) atoms. The van der Waals surface area contributed by atoms with Gasteiger partial charge in [0, 0.05) is 20.2 Å². The van der Waals surface area contributed by atoms with Crippen molar-refractivity contribution in [2.75, 3.05) is 17.7 Å². The van der Waals surface area contributed by atoms with Crippen LogP contribution >= 0.6 is 0 Å². The van der Waals surface area contributed by atoms with Crippen LogP contribution in [0.4, 0.5) is 11.6 Å². The van der Waals surface area contributed by atoms with Crippen molar-refractivity contribution in [1.82, 2.24) is 24.7 Å². The second kappa shape index (κ2) is 4.56. The van der Waals surface area contributed by atoms with Crippen LogP contribution in [0.5, 0.6) is 0 Å². The molecule has 0 bridgehead atoms. The van der Waals surface area contributed by atoms with E-state index in [4.69, 9.17) is 0 Å². The highest BCUT2D eigenvalue weighted by Gasteiger charge is 2.01. The van der Waals surface area contributed by atoms with E-state index in [1.807, 2.05) is 24.7 Å². The summed E-state index contributed by atoms with van der Waals surface area (Å²) in [6.07, 6.45) is 3.17. The number of aromatic nitrogens is 5. The molecule has 2 heterocycles. The molecule has 0 aliphatic heterocycles. The van der Waals surface area contributed by atoms with Crippen molar-refractivity contribution >= 4 is 11.6 Å². The molecule has 0 aliphatic carbocycles. The Balaban J connectivity index is 2.02. The van der Waals surface area contributed by atoms with Crippen LogP contribution in [0.15, 0.2) is 18.7 Å². The van der Waals surface area contributed by atoms with E-state index in [2.05, 4.69) is 30.8 Å². The zero-order chi connectivity index (χ0) is 11.4. The van der Waals surface area contributed by atoms with Crippen molar-refractivity contribution in [3.05, 3.63) is 24.5 Å². The summed E-state index contributed by atoms with van der Waals surface area (Å²) in [5.41, 5.74) is 0. The third kappa shape index (κ3) is 2.25. The lowest BCUT2D eigenvalue weighted by Crippen LogP contribution is -2.07. The Kier molecular flexibility index (Phi) is 2.95. The quantitative estimate of drug-likeness (QED) is 0.767. The number of hydrogen-bond acceptors (Lipinski definition) is 6. The Morgan fingerprint density at radius 2 is 2.12 bits per heavy atom. The number of aryl methyl sites for hydroxylation is 1. The molecule has 0 radical (unpaired) electrons. The molecule has 2 aromatic heterocycles. The van der Waals surface area contributed by atoms with Gasteiger partial charge in [0.1, 0.15) is 24.3 Å². The maximum Gasteiger partial charge on any atom is 0.151 e. The average Bonchev–Trinajstić information content (AvgIpc) is 2.72. The average molecular weight is 219 g/mol. The molecule has 0 fully saturated rings. The van der Waals surface area contributed by atoms with Crippen LogP contribution in [0.1, 0.15) is 5.82 Å². The first-order valence-electron chi connectivity index (χ1n) is 4.86. The molecule has 7 nitrogen and oxygen atoms in total. The number of nitrogens with zero attached hydrogens (tertiary/aromatic N) is 5. The minimum atomic E-state index is 0.580. The molecular formula is C9H13N7. The van der Waals surface area contributed by atoms with Crippen LogP contribution in [-0.4, -0.2) is 31.8 Å². The number of nitrogens with one attached hydrogen (secondary N) is 2. The topological polar surface area (TPSA) is 80.5 Å². The molecule has 0 aromatic carbocycles. The summed E-state index contributed by atoms with van der Waals surface area (Å²) in [5.74, 6) is 2.38. The van der Waals surface area contributed by atoms with E-state index < -0.39 is 0 Å². The molecule has 2 rings (SSSR count). The van der Waals surface area contributed by atoms with Gasteiger partial charge in [0.05, 0.1) is 6.54 Å². The summed E-state index contributed by atoms with van der Waals surface area (Å²) >= 11 is 0. The van der Waals surface area contributed by atoms with E-state index in [9.17, 15) is 0 Å². The highest BCUT2D eigenvalue weighted by Crippen LogP contribution is 2.08. The third-order valence-corrected chi connectivity index (χ3v) is 2.16. The maximum absolute atomic E-state index is 4.10. The minimum Gasteiger partial charge on any atom is -0.373 e. The molecule has 0 aliphatic rings. The van der Waals surface area contributed by atoms with Gasteiger partial charge in [-0.15, -0.1) is 10.2 Å². The Morgan fingerprint density at radius 3 is 2.81 bits per heavy atom. The van der Waals surface area contributed by atoms with E-state index >= 15 is 0 Å². The molecule has 0 amide bonds. The molecule has 0 saturated carbocycles. The van der Waals surface area contributed by atoms with Gasteiger partial charge < -0.3 is 15.2 Å². The Labute approximate surface area is 92.9 Å². The molecule has 84 valence electrons. The van der Waals surface area contributed by atoms with Crippen molar-refractivity contribution in [2.45, 2.75) is 6.54 Å². The molecule has 2 aromatic rings. The van der Waals surface area contributed by atoms with E-state index in [0.717, 1.165) is 17.5 Å². The van der Waals surface area contributed by atoms with Crippen molar-refractivity contribution in [3.8, 4) is 0 Å². The van der Waals surface area contributed by atoms with Gasteiger partial charge in [-0.05, 0) is 0 Å². The highest BCUT2D eigenvalue weighted by molar-refractivity contribution is 5.45. The number of hydrogen-bond donors (Lipinski definition) is 2. The summed E-state index contributed by atoms with van der Waals surface area (Å²) in [4.78, 5) is 8.12. The van der Waals surface area contributed by atoms with Crippen molar-refractivity contribution < 1.29 is 0 Å². The summed E-state index contributed by atoms with van der Waals surface area (Å²) in [6.45, 7) is 0.580. The highest BCUT2D eigenvalue weighted by atomic mass is 15.3. The van der Waals surface area contributed by atoms with Gasteiger partial charge in [0.15, 0.2) is 5.82 Å². The first-order valence-corrected chi connectivity index (χ1v) is 4.86. The van der Waals surface area contributed by atoms with Crippen LogP contribution in [-0.2, 0) is 13.6 Å². The number of rotatable bonds is 4. The molecule has 0 spiro atoms. The van der Waals surface area contributed by atoms with Gasteiger partial charge in [-0.25, -0.2) is 9.97 Å². The first kappa shape index (κ1) is 10.3. The van der Waals surface area contributed by atoms with E-state index in [1.165, 1.54) is 6.33 Å². The van der Waals surface area contributed by atoms with Crippen LogP contribution in [0.3, 0.4) is 0 Å². The standard InChI is InChI=1S/C9H13N7/c1-10-7-3-8(13-5-12-7)11-4-9-15-14-6-16(9)2/h3,5-6H,4H2,1-2H3,(H2,10,11,12,13). The van der Waals surface area contributed by atoms with Crippen molar-refractivity contribution in [2.24, 2.45) is 7.05 Å². The van der Waals surface area contributed by atoms with Gasteiger partial charge >= 0.3 is 0 Å². The molecular weight excluding hydrogens is 206 g/mol. The summed E-state index contributed by atoms with van der Waals surface area (Å²) in [7, 11) is 3.71. The molecule has 0 atom stereocenters. The summed E-state index contributed by atoms with van der Waals surface area (Å²) < 4.78 is 1.85. The first-order chi connectivity index (χ1) is 7.79. The molecule has 0 saturated heterocycles. The van der Waals surface area contributed by atoms with Gasteiger partial charge in [0.25, 0.3) is 0 Å². The lowest BCUT2D eigenvalue weighted by atomic mass is 10.5. The van der Waals surface area contributed by atoms with Crippen molar-refractivity contribution in [1.29, 1.82) is 0 Å². The van der Waals surface area contributed by atoms with Crippen LogP contribution in [0.2, 0.25) is 0 Å². The Morgan fingerprint density at radius 1 is 1.31 bits per heavy atom. The monoisotopic (exact) mass is 219 g/mol. The van der Waals surface area contributed by atoms with Crippen molar-refractivity contribution in [3.63, 3.8) is 0 Å². The van der Waals surface area contributed by atoms with Crippen LogP contribution < -0.4 is 10.6 Å². The zero-order valence-electron chi connectivity index (χ0n) is 9.18. The largest absolute Gasteiger partial charge is 0.373 e. The van der Waals surface area contributed by atoms with Gasteiger partial charge in [-0.1, -0.05) is 0 Å². The minimum absolute atomic E-state index is 0.580. The lowest BCUT2D eigenvalue weighted by Gasteiger charge is -2.05. The second-order valence-electron chi connectivity index (χ2n) is 3.25. The van der Waals surface area contributed by atoms with Crippen LogP contribution in [0.25, 0.3) is 0 Å². The molecule has 7 heteroatoms. The van der Waals surface area contributed by atoms with Crippen LogP contribution in [0, 0.1) is 0 Å². The predicted octanol–water partition coefficient (Wildman–Crippen LogP) is 0.259. The lowest BCUT2D eigenvalue weighted by molar-refractivity contribution is 0.810. The van der Waals surface area contributed by atoms with Gasteiger partial charge in [0.2, 0.25) is 0 Å². The smallest absolute Gasteiger partial charge is 0.151 e. The predicted molar refractivity (Wildman–Crippen MR) is 59.9 cm³/mol. The SMILES string of the molecule is CNc1cc(NCc2nncn2C)ncn1. The Bertz CT molecular complexity index is 464. The fraction of sp³-hybridized carbons (Fsp3) is 0.333. The summed E-state index contributed by atoms with van der Waals surface area (Å²) in [6, 6.07) is 1.83. The summed E-state index contributed by atoms with van der Waals surface area (Å²) in [5, 5.41) is 13.9. The normalized spacial score (nSPS) is 10.1. The van der Waals surface area contributed by atoms with E-state index in [1.54, 1.807) is 6.33 Å². The van der Waals surface area contributed by atoms with E-state index in [-0.39, 0.29) is 0 Å². The fourth-order valence-corrected chi connectivity index (χ4v) is 1.23. The molecule has 0 unspecified atom stereocenters. The van der Waals surface area contributed by atoms with E-state index in [0.29, 0.717) is 6.54 Å². The number of anilines is 2. The zero-order valence-corrected chi connectivity index (χ0v) is 9.18.